The molecule has 1 rings (SSSR count). The van der Waals surface area contributed by atoms with Crippen LogP contribution in [0.15, 0.2) is 24.3 Å². The number of amides is 1. The molecule has 112 valence electrons. The van der Waals surface area contributed by atoms with Gasteiger partial charge in [0.1, 0.15) is 0 Å². The van der Waals surface area contributed by atoms with Crippen LogP contribution in [0, 0.1) is 0 Å². The first-order chi connectivity index (χ1) is 9.58. The fourth-order valence-corrected chi connectivity index (χ4v) is 2.06. The number of nitrogens with zero attached hydrogens (tertiary/aromatic N) is 1. The summed E-state index contributed by atoms with van der Waals surface area (Å²) in [7, 11) is 0. The number of hydrogen-bond donors (Lipinski definition) is 2. The van der Waals surface area contributed by atoms with Gasteiger partial charge in [0, 0.05) is 6.04 Å². The van der Waals surface area contributed by atoms with E-state index in [1.54, 1.807) is 6.07 Å². The van der Waals surface area contributed by atoms with E-state index >= 15 is 0 Å². The van der Waals surface area contributed by atoms with Crippen LogP contribution in [-0.4, -0.2) is 29.9 Å². The Hall–Kier alpha value is -1.55. The average molecular weight is 277 g/mol. The maximum Gasteiger partial charge on any atom is 0.238 e. The lowest BCUT2D eigenvalue weighted by Crippen LogP contribution is -2.39. The maximum atomic E-state index is 12.2. The fraction of sp³-hybridized carbons (Fsp3) is 0.562. The molecule has 0 saturated heterocycles. The van der Waals surface area contributed by atoms with Crippen LogP contribution in [0.1, 0.15) is 40.0 Å². The summed E-state index contributed by atoms with van der Waals surface area (Å²) in [6.45, 7) is 7.86. The zero-order valence-electron chi connectivity index (χ0n) is 12.9. The zero-order chi connectivity index (χ0) is 15.0. The van der Waals surface area contributed by atoms with Gasteiger partial charge in [-0.25, -0.2) is 0 Å². The van der Waals surface area contributed by atoms with Crippen LogP contribution in [0.5, 0.6) is 0 Å². The minimum atomic E-state index is -0.000645. The molecule has 3 N–H and O–H groups in total. The minimum absolute atomic E-state index is 0.000645. The second-order valence-electron chi connectivity index (χ2n) is 5.22. The molecule has 4 nitrogen and oxygen atoms in total. The summed E-state index contributed by atoms with van der Waals surface area (Å²) in [5, 5.41) is 2.89. The van der Waals surface area contributed by atoms with Crippen molar-refractivity contribution in [3.63, 3.8) is 0 Å². The third-order valence-electron chi connectivity index (χ3n) is 3.59. The third-order valence-corrected chi connectivity index (χ3v) is 3.59. The van der Waals surface area contributed by atoms with Gasteiger partial charge in [-0.05, 0) is 38.4 Å². The minimum Gasteiger partial charge on any atom is -0.397 e. The van der Waals surface area contributed by atoms with E-state index in [9.17, 15) is 4.79 Å². The molecular formula is C16H27N3O. The number of rotatable bonds is 8. The van der Waals surface area contributed by atoms with Crippen molar-refractivity contribution in [3.05, 3.63) is 24.3 Å². The standard InChI is InChI=1S/C16H27N3O/c1-4-6-11-19(13(3)5-2)12-16(20)18-15-10-8-7-9-14(15)17/h7-10,13H,4-6,11-12,17H2,1-3H3,(H,18,20). The molecule has 0 bridgehead atoms. The first-order valence-corrected chi connectivity index (χ1v) is 7.46. The van der Waals surface area contributed by atoms with Crippen molar-refractivity contribution < 1.29 is 4.79 Å². The molecule has 0 heterocycles. The van der Waals surface area contributed by atoms with Crippen LogP contribution in [0.4, 0.5) is 11.4 Å². The number of benzene rings is 1. The molecule has 1 amide bonds. The number of nitrogens with one attached hydrogen (secondary N) is 1. The maximum absolute atomic E-state index is 12.2. The molecule has 1 aromatic rings. The van der Waals surface area contributed by atoms with E-state index in [1.807, 2.05) is 18.2 Å². The number of anilines is 2. The Bertz CT molecular complexity index is 420. The Balaban J connectivity index is 2.59. The Morgan fingerprint density at radius 2 is 2.05 bits per heavy atom. The van der Waals surface area contributed by atoms with Gasteiger partial charge < -0.3 is 11.1 Å². The Morgan fingerprint density at radius 1 is 1.35 bits per heavy atom. The van der Waals surface area contributed by atoms with Gasteiger partial charge in [-0.3, -0.25) is 9.69 Å². The largest absolute Gasteiger partial charge is 0.397 e. The molecular weight excluding hydrogens is 250 g/mol. The van der Waals surface area contributed by atoms with E-state index in [0.717, 1.165) is 25.8 Å². The predicted octanol–water partition coefficient (Wildman–Crippen LogP) is 3.11. The van der Waals surface area contributed by atoms with E-state index in [4.69, 9.17) is 5.73 Å². The van der Waals surface area contributed by atoms with Crippen molar-refractivity contribution in [1.82, 2.24) is 4.90 Å². The van der Waals surface area contributed by atoms with Crippen LogP contribution in [0.25, 0.3) is 0 Å². The fourth-order valence-electron chi connectivity index (χ4n) is 2.06. The lowest BCUT2D eigenvalue weighted by atomic mass is 10.2. The molecule has 1 unspecified atom stereocenters. The third kappa shape index (κ3) is 5.21. The molecule has 1 atom stereocenters. The van der Waals surface area contributed by atoms with E-state index in [0.29, 0.717) is 24.0 Å². The predicted molar refractivity (Wildman–Crippen MR) is 85.7 cm³/mol. The summed E-state index contributed by atoms with van der Waals surface area (Å²) >= 11 is 0. The summed E-state index contributed by atoms with van der Waals surface area (Å²) in [6, 6.07) is 7.76. The van der Waals surface area contributed by atoms with Gasteiger partial charge in [0.05, 0.1) is 17.9 Å². The van der Waals surface area contributed by atoms with Crippen LogP contribution in [0.2, 0.25) is 0 Å². The molecule has 0 saturated carbocycles. The number of carbonyl (C=O) groups is 1. The molecule has 0 fully saturated rings. The lowest BCUT2D eigenvalue weighted by Gasteiger charge is -2.27. The van der Waals surface area contributed by atoms with Crippen molar-refractivity contribution in [2.75, 3.05) is 24.1 Å². The number of nitrogens with two attached hydrogens (primary N) is 1. The van der Waals surface area contributed by atoms with Gasteiger partial charge in [-0.15, -0.1) is 0 Å². The smallest absolute Gasteiger partial charge is 0.238 e. The highest BCUT2D eigenvalue weighted by molar-refractivity contribution is 5.95. The van der Waals surface area contributed by atoms with Gasteiger partial charge in [0.2, 0.25) is 5.91 Å². The van der Waals surface area contributed by atoms with Crippen LogP contribution >= 0.6 is 0 Å². The first-order valence-electron chi connectivity index (χ1n) is 7.46. The van der Waals surface area contributed by atoms with Gasteiger partial charge in [-0.1, -0.05) is 32.4 Å². The van der Waals surface area contributed by atoms with Crippen LogP contribution in [-0.2, 0) is 4.79 Å². The molecule has 0 aliphatic carbocycles. The quantitative estimate of drug-likeness (QED) is 0.718. The van der Waals surface area contributed by atoms with E-state index < -0.39 is 0 Å². The van der Waals surface area contributed by atoms with Crippen molar-refractivity contribution in [3.8, 4) is 0 Å². The summed E-state index contributed by atoms with van der Waals surface area (Å²) in [4.78, 5) is 14.4. The second kappa shape index (κ2) is 8.59. The monoisotopic (exact) mass is 277 g/mol. The molecule has 0 aliphatic rings. The second-order valence-corrected chi connectivity index (χ2v) is 5.22. The van der Waals surface area contributed by atoms with Crippen molar-refractivity contribution in [2.24, 2.45) is 0 Å². The Labute approximate surface area is 122 Å². The van der Waals surface area contributed by atoms with Gasteiger partial charge >= 0.3 is 0 Å². The summed E-state index contributed by atoms with van der Waals surface area (Å²) < 4.78 is 0. The summed E-state index contributed by atoms with van der Waals surface area (Å²) in [6.07, 6.45) is 3.30. The first kappa shape index (κ1) is 16.5. The molecule has 0 radical (unpaired) electrons. The Morgan fingerprint density at radius 3 is 2.65 bits per heavy atom. The number of para-hydroxylation sites is 2. The zero-order valence-corrected chi connectivity index (χ0v) is 12.9. The SMILES string of the molecule is CCCCN(CC(=O)Nc1ccccc1N)C(C)CC. The van der Waals surface area contributed by atoms with Gasteiger partial charge in [0.25, 0.3) is 0 Å². The highest BCUT2D eigenvalue weighted by Crippen LogP contribution is 2.16. The number of carbonyl (C=O) groups excluding carboxylic acids is 1. The molecule has 20 heavy (non-hydrogen) atoms. The van der Waals surface area contributed by atoms with E-state index in [-0.39, 0.29) is 5.91 Å². The topological polar surface area (TPSA) is 58.4 Å². The van der Waals surface area contributed by atoms with E-state index in [2.05, 4.69) is 31.0 Å². The van der Waals surface area contributed by atoms with Crippen molar-refractivity contribution in [1.29, 1.82) is 0 Å². The highest BCUT2D eigenvalue weighted by Gasteiger charge is 2.15. The van der Waals surface area contributed by atoms with Crippen molar-refractivity contribution in [2.45, 2.75) is 46.1 Å². The molecule has 0 aromatic heterocycles. The number of hydrogen-bond acceptors (Lipinski definition) is 3. The highest BCUT2D eigenvalue weighted by atomic mass is 16.2. The molecule has 0 spiro atoms. The van der Waals surface area contributed by atoms with Crippen LogP contribution < -0.4 is 11.1 Å². The van der Waals surface area contributed by atoms with E-state index in [1.165, 1.54) is 0 Å². The van der Waals surface area contributed by atoms with Gasteiger partial charge in [-0.2, -0.15) is 0 Å². The number of nitrogen functional groups attached to an aromatic ring is 1. The number of unbranched alkanes of at least 4 members (excludes halogenated alkanes) is 1. The Kier molecular flexibility index (Phi) is 7.09. The normalized spacial score (nSPS) is 12.4. The average Bonchev–Trinajstić information content (AvgIpc) is 2.45. The van der Waals surface area contributed by atoms with Crippen molar-refractivity contribution >= 4 is 17.3 Å². The molecule has 4 heteroatoms. The molecule has 0 aliphatic heterocycles. The molecule has 1 aromatic carbocycles. The van der Waals surface area contributed by atoms with Gasteiger partial charge in [0.15, 0.2) is 0 Å². The summed E-state index contributed by atoms with van der Waals surface area (Å²) in [5.41, 5.74) is 7.13. The van der Waals surface area contributed by atoms with Crippen LogP contribution in [0.3, 0.4) is 0 Å². The lowest BCUT2D eigenvalue weighted by molar-refractivity contribution is -0.117. The summed E-state index contributed by atoms with van der Waals surface area (Å²) in [5.74, 6) is -0.000645.